The van der Waals surface area contributed by atoms with Gasteiger partial charge in [-0.05, 0) is 54.1 Å². The Morgan fingerprint density at radius 2 is 1.41 bits per heavy atom. The van der Waals surface area contributed by atoms with Gasteiger partial charge in [-0.25, -0.2) is 4.79 Å². The number of carboxylic acid groups (broad SMARTS) is 1. The second-order valence-corrected chi connectivity index (χ2v) is 8.91. The van der Waals surface area contributed by atoms with Gasteiger partial charge in [-0.15, -0.1) is 0 Å². The topological polar surface area (TPSA) is 94.9 Å². The van der Waals surface area contributed by atoms with Crippen molar-refractivity contribution in [2.75, 3.05) is 4.90 Å². The molecular formula is C24H15Br2NO5. The molecule has 32 heavy (non-hydrogen) atoms. The molecule has 0 saturated carbocycles. The first-order valence-corrected chi connectivity index (χ1v) is 11.0. The third-order valence-electron chi connectivity index (χ3n) is 5.12. The zero-order valence-corrected chi connectivity index (χ0v) is 19.5. The molecule has 1 unspecified atom stereocenters. The van der Waals surface area contributed by atoms with Crippen molar-refractivity contribution in [2.24, 2.45) is 0 Å². The van der Waals surface area contributed by atoms with E-state index in [1.54, 1.807) is 60.7 Å². The van der Waals surface area contributed by atoms with E-state index in [2.05, 4.69) is 31.9 Å². The number of aliphatic hydroxyl groups is 1. The number of hydrogen-bond acceptors (Lipinski definition) is 4. The number of carbonyl (C=O) groups excluding carboxylic acids is 2. The third-order valence-corrected chi connectivity index (χ3v) is 6.17. The number of carboxylic acids is 1. The monoisotopic (exact) mass is 555 g/mol. The Morgan fingerprint density at radius 1 is 0.812 bits per heavy atom. The third kappa shape index (κ3) is 3.99. The summed E-state index contributed by atoms with van der Waals surface area (Å²) in [6.07, 6.45) is 0. The number of hydrogen-bond donors (Lipinski definition) is 2. The lowest BCUT2D eigenvalue weighted by Gasteiger charge is -2.25. The number of aliphatic hydroxyl groups excluding tert-OH is 1. The predicted molar refractivity (Wildman–Crippen MR) is 126 cm³/mol. The molecule has 0 aliphatic carbocycles. The summed E-state index contributed by atoms with van der Waals surface area (Å²) in [4.78, 5) is 39.0. The van der Waals surface area contributed by atoms with Gasteiger partial charge in [0.1, 0.15) is 5.76 Å². The van der Waals surface area contributed by atoms with Crippen LogP contribution in [0.25, 0.3) is 5.76 Å². The molecule has 160 valence electrons. The molecule has 6 nitrogen and oxygen atoms in total. The lowest BCUT2D eigenvalue weighted by Crippen LogP contribution is -2.29. The van der Waals surface area contributed by atoms with E-state index in [0.717, 1.165) is 8.95 Å². The zero-order chi connectivity index (χ0) is 23.0. The summed E-state index contributed by atoms with van der Waals surface area (Å²) < 4.78 is 1.58. The van der Waals surface area contributed by atoms with Crippen molar-refractivity contribution in [3.05, 3.63) is 104 Å². The number of carbonyl (C=O) groups is 3. The van der Waals surface area contributed by atoms with Crippen molar-refractivity contribution in [1.29, 1.82) is 0 Å². The van der Waals surface area contributed by atoms with Crippen molar-refractivity contribution < 1.29 is 24.6 Å². The minimum Gasteiger partial charge on any atom is -0.507 e. The van der Waals surface area contributed by atoms with Gasteiger partial charge in [-0.2, -0.15) is 0 Å². The minimum absolute atomic E-state index is 0.00698. The summed E-state index contributed by atoms with van der Waals surface area (Å²) >= 11 is 6.68. The van der Waals surface area contributed by atoms with Crippen LogP contribution < -0.4 is 4.90 Å². The number of aromatic carboxylic acids is 1. The molecule has 3 aromatic rings. The fraction of sp³-hybridized carbons (Fsp3) is 0.0417. The number of halogens is 2. The van der Waals surface area contributed by atoms with Crippen molar-refractivity contribution in [1.82, 2.24) is 0 Å². The Hall–Kier alpha value is -3.23. The van der Waals surface area contributed by atoms with Crippen molar-refractivity contribution in [3.8, 4) is 0 Å². The number of nitrogens with zero attached hydrogens (tertiary/aromatic N) is 1. The van der Waals surface area contributed by atoms with Crippen molar-refractivity contribution >= 4 is 61.0 Å². The molecule has 0 spiro atoms. The number of ketones is 1. The van der Waals surface area contributed by atoms with Gasteiger partial charge in [0.15, 0.2) is 0 Å². The maximum absolute atomic E-state index is 13.1. The van der Waals surface area contributed by atoms with Gasteiger partial charge < -0.3 is 10.2 Å². The molecule has 1 aliphatic rings. The summed E-state index contributed by atoms with van der Waals surface area (Å²) in [6.45, 7) is 0. The second-order valence-electron chi connectivity index (χ2n) is 7.08. The van der Waals surface area contributed by atoms with Crippen LogP contribution in [0.1, 0.15) is 27.5 Å². The number of rotatable bonds is 4. The van der Waals surface area contributed by atoms with Gasteiger partial charge in [-0.1, -0.05) is 56.1 Å². The van der Waals surface area contributed by atoms with Crippen molar-refractivity contribution in [3.63, 3.8) is 0 Å². The van der Waals surface area contributed by atoms with Crippen LogP contribution in [-0.4, -0.2) is 27.9 Å². The standard InChI is InChI=1S/C24H15Br2NO5/c25-16-6-4-13(5-7-16)21(28)19-20(14-2-1-3-15(12-14)24(31)32)27(23(30)22(19)29)18-10-8-17(26)9-11-18/h1-12,20,28H,(H,31,32)/b21-19+. The first-order valence-electron chi connectivity index (χ1n) is 9.43. The molecule has 1 aliphatic heterocycles. The maximum atomic E-state index is 13.1. The summed E-state index contributed by atoms with van der Waals surface area (Å²) in [5.41, 5.74) is 1.10. The minimum atomic E-state index is -1.14. The van der Waals surface area contributed by atoms with E-state index in [0.29, 0.717) is 16.8 Å². The Morgan fingerprint density at radius 3 is 2.00 bits per heavy atom. The van der Waals surface area contributed by atoms with E-state index >= 15 is 0 Å². The molecule has 0 radical (unpaired) electrons. The Labute approximate surface area is 200 Å². The number of Topliss-reactive ketones (excluding diaryl/α,β-unsaturated/α-hetero) is 1. The second kappa shape index (κ2) is 8.72. The molecule has 1 amide bonds. The van der Waals surface area contributed by atoms with E-state index in [4.69, 9.17) is 0 Å². The number of anilines is 1. The molecule has 0 bridgehead atoms. The molecule has 1 heterocycles. The van der Waals surface area contributed by atoms with Gasteiger partial charge in [0, 0.05) is 20.2 Å². The highest BCUT2D eigenvalue weighted by Crippen LogP contribution is 2.42. The molecule has 1 fully saturated rings. The first kappa shape index (κ1) is 22.0. The number of benzene rings is 3. The quantitative estimate of drug-likeness (QED) is 0.250. The first-order chi connectivity index (χ1) is 15.3. The van der Waals surface area contributed by atoms with E-state index < -0.39 is 23.7 Å². The summed E-state index contributed by atoms with van der Waals surface area (Å²) in [5, 5.41) is 20.5. The van der Waals surface area contributed by atoms with Gasteiger partial charge in [0.2, 0.25) is 0 Å². The lowest BCUT2D eigenvalue weighted by molar-refractivity contribution is -0.132. The summed E-state index contributed by atoms with van der Waals surface area (Å²) in [7, 11) is 0. The smallest absolute Gasteiger partial charge is 0.335 e. The molecule has 2 N–H and O–H groups in total. The molecule has 4 rings (SSSR count). The van der Waals surface area contributed by atoms with Crippen LogP contribution in [0.3, 0.4) is 0 Å². The molecule has 3 aromatic carbocycles. The highest BCUT2D eigenvalue weighted by molar-refractivity contribution is 9.10. The van der Waals surface area contributed by atoms with Gasteiger partial charge in [-0.3, -0.25) is 14.5 Å². The fourth-order valence-corrected chi connectivity index (χ4v) is 4.15. The van der Waals surface area contributed by atoms with Crippen LogP contribution in [0.5, 0.6) is 0 Å². The van der Waals surface area contributed by atoms with Crippen LogP contribution >= 0.6 is 31.9 Å². The summed E-state index contributed by atoms with van der Waals surface area (Å²) in [5.74, 6) is -3.13. The maximum Gasteiger partial charge on any atom is 0.335 e. The number of amides is 1. The van der Waals surface area contributed by atoms with E-state index in [1.165, 1.54) is 17.0 Å². The molecule has 1 atom stereocenters. The largest absolute Gasteiger partial charge is 0.507 e. The van der Waals surface area contributed by atoms with Gasteiger partial charge in [0.25, 0.3) is 11.7 Å². The van der Waals surface area contributed by atoms with Gasteiger partial charge in [0.05, 0.1) is 17.2 Å². The molecule has 1 saturated heterocycles. The Balaban J connectivity index is 1.96. The highest BCUT2D eigenvalue weighted by Gasteiger charge is 2.47. The van der Waals surface area contributed by atoms with Gasteiger partial charge >= 0.3 is 5.97 Å². The average Bonchev–Trinajstić information content (AvgIpc) is 3.05. The Bertz CT molecular complexity index is 1270. The molecular weight excluding hydrogens is 542 g/mol. The van der Waals surface area contributed by atoms with Crippen molar-refractivity contribution in [2.45, 2.75) is 6.04 Å². The van der Waals surface area contributed by atoms with Crippen LogP contribution in [0.4, 0.5) is 5.69 Å². The highest BCUT2D eigenvalue weighted by atomic mass is 79.9. The SMILES string of the molecule is O=C1C(=O)N(c2ccc(Br)cc2)C(c2cccc(C(=O)O)c2)/C1=C(\O)c1ccc(Br)cc1. The lowest BCUT2D eigenvalue weighted by atomic mass is 9.94. The van der Waals surface area contributed by atoms with Crippen LogP contribution in [-0.2, 0) is 9.59 Å². The zero-order valence-electron chi connectivity index (χ0n) is 16.3. The fourth-order valence-electron chi connectivity index (χ4n) is 3.62. The average molecular weight is 557 g/mol. The van der Waals surface area contributed by atoms with E-state index in [9.17, 15) is 24.6 Å². The van der Waals surface area contributed by atoms with E-state index in [-0.39, 0.29) is 16.9 Å². The summed E-state index contributed by atoms with van der Waals surface area (Å²) in [6, 6.07) is 18.5. The van der Waals surface area contributed by atoms with E-state index in [1.807, 2.05) is 0 Å². The predicted octanol–water partition coefficient (Wildman–Crippen LogP) is 5.54. The molecule has 8 heteroatoms. The normalized spacial score (nSPS) is 17.6. The van der Waals surface area contributed by atoms with Crippen LogP contribution in [0, 0.1) is 0 Å². The molecule has 0 aromatic heterocycles. The Kier molecular flexibility index (Phi) is 5.99. The van der Waals surface area contributed by atoms with Crippen LogP contribution in [0.15, 0.2) is 87.3 Å². The van der Waals surface area contributed by atoms with Crippen LogP contribution in [0.2, 0.25) is 0 Å².